The maximum atomic E-state index is 14.1. The first-order valence-corrected chi connectivity index (χ1v) is 6.81. The fraction of sp³-hybridized carbons (Fsp3) is 0.312. The van der Waals surface area contributed by atoms with E-state index >= 15 is 0 Å². The lowest BCUT2D eigenvalue weighted by molar-refractivity contribution is 0.0896. The molecular weight excluding hydrogens is 257 g/mol. The lowest BCUT2D eigenvalue weighted by atomic mass is 9.87. The highest BCUT2D eigenvalue weighted by Crippen LogP contribution is 2.40. The van der Waals surface area contributed by atoms with Crippen molar-refractivity contribution in [2.75, 3.05) is 0 Å². The summed E-state index contributed by atoms with van der Waals surface area (Å²) >= 11 is 0. The second-order valence-corrected chi connectivity index (χ2v) is 5.24. The number of hydrogen-bond acceptors (Lipinski definition) is 2. The molecule has 0 unspecified atom stereocenters. The zero-order chi connectivity index (χ0) is 14.0. The number of hydrogen-bond donors (Lipinski definition) is 1. The van der Waals surface area contributed by atoms with E-state index in [1.54, 1.807) is 18.2 Å². The summed E-state index contributed by atoms with van der Waals surface area (Å²) in [6.07, 6.45) is 6.35. The van der Waals surface area contributed by atoms with Gasteiger partial charge in [0.1, 0.15) is 12.1 Å². The van der Waals surface area contributed by atoms with Gasteiger partial charge in [0.2, 0.25) is 0 Å². The van der Waals surface area contributed by atoms with Gasteiger partial charge in [-0.05, 0) is 25.0 Å². The number of nitrogens with one attached hydrogen (secondary N) is 1. The van der Waals surface area contributed by atoms with Crippen LogP contribution in [-0.2, 0) is 5.54 Å². The molecular formula is C16H16FNO2. The Morgan fingerprint density at radius 2 is 1.95 bits per heavy atom. The molecule has 0 spiro atoms. The average molecular weight is 273 g/mol. The van der Waals surface area contributed by atoms with Crippen LogP contribution < -0.4 is 5.32 Å². The van der Waals surface area contributed by atoms with Gasteiger partial charge in [0, 0.05) is 5.56 Å². The number of halogens is 1. The van der Waals surface area contributed by atoms with E-state index in [2.05, 4.69) is 5.32 Å². The number of rotatable bonds is 3. The maximum absolute atomic E-state index is 14.1. The predicted octanol–water partition coefficient (Wildman–Crippen LogP) is 3.62. The zero-order valence-corrected chi connectivity index (χ0v) is 11.1. The molecule has 0 saturated heterocycles. The molecule has 1 N–H and O–H groups in total. The highest BCUT2D eigenvalue weighted by atomic mass is 19.1. The molecule has 3 rings (SSSR count). The van der Waals surface area contributed by atoms with E-state index in [0.29, 0.717) is 11.1 Å². The van der Waals surface area contributed by atoms with Gasteiger partial charge >= 0.3 is 0 Å². The van der Waals surface area contributed by atoms with Crippen molar-refractivity contribution in [3.8, 4) is 0 Å². The van der Waals surface area contributed by atoms with Crippen molar-refractivity contribution in [3.63, 3.8) is 0 Å². The summed E-state index contributed by atoms with van der Waals surface area (Å²) in [7, 11) is 0. The molecule has 1 amide bonds. The molecule has 1 saturated carbocycles. The monoisotopic (exact) mass is 273 g/mol. The first kappa shape index (κ1) is 12.9. The SMILES string of the molecule is O=C(NC1(c2ccccc2F)CCCC1)c1ccoc1. The van der Waals surface area contributed by atoms with Crippen molar-refractivity contribution < 1.29 is 13.6 Å². The molecule has 1 fully saturated rings. The van der Waals surface area contributed by atoms with E-state index in [4.69, 9.17) is 4.42 Å². The maximum Gasteiger partial charge on any atom is 0.255 e. The largest absolute Gasteiger partial charge is 0.472 e. The van der Waals surface area contributed by atoms with E-state index < -0.39 is 5.54 Å². The van der Waals surface area contributed by atoms with Gasteiger partial charge in [-0.15, -0.1) is 0 Å². The summed E-state index contributed by atoms with van der Waals surface area (Å²) in [5, 5.41) is 3.01. The second kappa shape index (κ2) is 5.12. The van der Waals surface area contributed by atoms with Crippen LogP contribution in [0.25, 0.3) is 0 Å². The third kappa shape index (κ3) is 2.22. The predicted molar refractivity (Wildman–Crippen MR) is 72.7 cm³/mol. The van der Waals surface area contributed by atoms with Crippen LogP contribution in [0.4, 0.5) is 4.39 Å². The van der Waals surface area contributed by atoms with Crippen LogP contribution >= 0.6 is 0 Å². The molecule has 0 bridgehead atoms. The molecule has 1 aliphatic carbocycles. The van der Waals surface area contributed by atoms with Gasteiger partial charge in [0.05, 0.1) is 17.4 Å². The third-order valence-electron chi connectivity index (χ3n) is 3.98. The van der Waals surface area contributed by atoms with Gasteiger partial charge in [0.15, 0.2) is 0 Å². The molecule has 0 radical (unpaired) electrons. The van der Waals surface area contributed by atoms with Crippen LogP contribution in [-0.4, -0.2) is 5.91 Å². The minimum absolute atomic E-state index is 0.219. The van der Waals surface area contributed by atoms with Crippen molar-refractivity contribution in [2.24, 2.45) is 0 Å². The summed E-state index contributed by atoms with van der Waals surface area (Å²) in [6.45, 7) is 0. The summed E-state index contributed by atoms with van der Waals surface area (Å²) in [5.41, 5.74) is 0.446. The number of carbonyl (C=O) groups excluding carboxylic acids is 1. The van der Waals surface area contributed by atoms with E-state index in [1.165, 1.54) is 18.6 Å². The highest BCUT2D eigenvalue weighted by Gasteiger charge is 2.39. The Balaban J connectivity index is 1.93. The van der Waals surface area contributed by atoms with Crippen molar-refractivity contribution in [2.45, 2.75) is 31.2 Å². The van der Waals surface area contributed by atoms with Crippen LogP contribution in [0.2, 0.25) is 0 Å². The highest BCUT2D eigenvalue weighted by molar-refractivity contribution is 5.94. The molecule has 4 heteroatoms. The standard InChI is InChI=1S/C16H16FNO2/c17-14-6-2-1-5-13(14)16(8-3-4-9-16)18-15(19)12-7-10-20-11-12/h1-2,5-7,10-11H,3-4,8-9H2,(H,18,19). The van der Waals surface area contributed by atoms with Gasteiger partial charge in [-0.25, -0.2) is 4.39 Å². The molecule has 20 heavy (non-hydrogen) atoms. The molecule has 2 aromatic rings. The molecule has 1 heterocycles. The summed E-state index contributed by atoms with van der Waals surface area (Å²) in [4.78, 5) is 12.3. The van der Waals surface area contributed by atoms with Gasteiger partial charge in [-0.1, -0.05) is 31.0 Å². The topological polar surface area (TPSA) is 42.2 Å². The molecule has 1 aromatic carbocycles. The van der Waals surface area contributed by atoms with Gasteiger partial charge < -0.3 is 9.73 Å². The Hall–Kier alpha value is -2.10. The first-order valence-electron chi connectivity index (χ1n) is 6.81. The van der Waals surface area contributed by atoms with Crippen molar-refractivity contribution in [3.05, 3.63) is 59.8 Å². The van der Waals surface area contributed by atoms with Crippen LogP contribution in [0, 0.1) is 5.82 Å². The second-order valence-electron chi connectivity index (χ2n) is 5.24. The molecule has 104 valence electrons. The number of amides is 1. The number of furan rings is 1. The smallest absolute Gasteiger partial charge is 0.255 e. The fourth-order valence-electron chi connectivity index (χ4n) is 2.97. The van der Waals surface area contributed by atoms with Gasteiger partial charge in [0.25, 0.3) is 5.91 Å². The lowest BCUT2D eigenvalue weighted by Crippen LogP contribution is -2.44. The normalized spacial score (nSPS) is 17.1. The van der Waals surface area contributed by atoms with Crippen molar-refractivity contribution in [1.82, 2.24) is 5.32 Å². The van der Waals surface area contributed by atoms with Gasteiger partial charge in [-0.3, -0.25) is 4.79 Å². The zero-order valence-electron chi connectivity index (χ0n) is 11.1. The first-order chi connectivity index (χ1) is 9.71. The summed E-state index contributed by atoms with van der Waals surface area (Å²) in [5.74, 6) is -0.481. The molecule has 1 aromatic heterocycles. The van der Waals surface area contributed by atoms with Gasteiger partial charge in [-0.2, -0.15) is 0 Å². The Morgan fingerprint density at radius 1 is 1.20 bits per heavy atom. The Labute approximate surface area is 116 Å². The van der Waals surface area contributed by atoms with Crippen LogP contribution in [0.3, 0.4) is 0 Å². The molecule has 1 aliphatic rings. The number of benzene rings is 1. The molecule has 0 aliphatic heterocycles. The van der Waals surface area contributed by atoms with E-state index in [9.17, 15) is 9.18 Å². The molecule has 3 nitrogen and oxygen atoms in total. The minimum Gasteiger partial charge on any atom is -0.472 e. The quantitative estimate of drug-likeness (QED) is 0.928. The van der Waals surface area contributed by atoms with E-state index in [0.717, 1.165) is 25.7 Å². The Morgan fingerprint density at radius 3 is 2.60 bits per heavy atom. The average Bonchev–Trinajstić information content (AvgIpc) is 3.10. The summed E-state index contributed by atoms with van der Waals surface area (Å²) in [6, 6.07) is 8.29. The van der Waals surface area contributed by atoms with Crippen LogP contribution in [0.15, 0.2) is 47.3 Å². The Bertz CT molecular complexity index is 601. The lowest BCUT2D eigenvalue weighted by Gasteiger charge is -2.31. The fourth-order valence-corrected chi connectivity index (χ4v) is 2.97. The third-order valence-corrected chi connectivity index (χ3v) is 3.98. The van der Waals surface area contributed by atoms with E-state index in [1.807, 2.05) is 6.07 Å². The Kier molecular flexibility index (Phi) is 3.30. The minimum atomic E-state index is -0.598. The van der Waals surface area contributed by atoms with Crippen LogP contribution in [0.1, 0.15) is 41.6 Å². The summed E-state index contributed by atoms with van der Waals surface area (Å²) < 4.78 is 19.0. The number of carbonyl (C=O) groups is 1. The van der Waals surface area contributed by atoms with Crippen molar-refractivity contribution in [1.29, 1.82) is 0 Å². The van der Waals surface area contributed by atoms with E-state index in [-0.39, 0.29) is 11.7 Å². The van der Waals surface area contributed by atoms with Crippen molar-refractivity contribution >= 4 is 5.91 Å². The molecule has 0 atom stereocenters. The van der Waals surface area contributed by atoms with Crippen LogP contribution in [0.5, 0.6) is 0 Å².